The summed E-state index contributed by atoms with van der Waals surface area (Å²) in [5.41, 5.74) is 11.3. The summed E-state index contributed by atoms with van der Waals surface area (Å²) in [7, 11) is 0. The van der Waals surface area contributed by atoms with Crippen LogP contribution in [-0.4, -0.2) is 50.4 Å². The lowest BCUT2D eigenvalue weighted by Crippen LogP contribution is -2.32. The number of aliphatic carboxylic acids is 3. The van der Waals surface area contributed by atoms with Gasteiger partial charge in [-0.05, 0) is 127 Å². The summed E-state index contributed by atoms with van der Waals surface area (Å²) in [5, 5.41) is 34.8. The quantitative estimate of drug-likeness (QED) is 0.214. The van der Waals surface area contributed by atoms with Gasteiger partial charge in [0.2, 0.25) is 0 Å². The minimum atomic E-state index is -1.29. The minimum Gasteiger partial charge on any atom is -0.506 e. The minimum absolute atomic E-state index is 0.242. The Bertz CT molecular complexity index is 1000. The van der Waals surface area contributed by atoms with E-state index in [0.717, 1.165) is 12.7 Å². The first kappa shape index (κ1) is 30.3. The molecule has 0 amide bonds. The van der Waals surface area contributed by atoms with E-state index in [9.17, 15) is 19.5 Å². The molecule has 33 heavy (non-hydrogen) atoms. The molecule has 0 bridgehead atoms. The van der Waals surface area contributed by atoms with Crippen LogP contribution in [0.4, 0.5) is 0 Å². The third kappa shape index (κ3) is 10.2. The van der Waals surface area contributed by atoms with Crippen LogP contribution in [0.2, 0.25) is 0 Å². The van der Waals surface area contributed by atoms with Crippen LogP contribution >= 0.6 is 90.4 Å². The summed E-state index contributed by atoms with van der Waals surface area (Å²) < 4.78 is 9.14. The van der Waals surface area contributed by atoms with E-state index in [0.29, 0.717) is 18.6 Å². The number of nitrogens with two attached hydrogens (primary N) is 2. The fourth-order valence-electron chi connectivity index (χ4n) is 2.16. The number of benzene rings is 2. The van der Waals surface area contributed by atoms with Crippen LogP contribution in [-0.2, 0) is 20.8 Å². The SMILES string of the molecule is N[C@@H](CC(=O)O)C(=O)O.N[C@@H](Cc1cc(I)c(Oc2cc(I)c(O)c(I)c2)c(I)c1)C(=O)O. The first-order valence-electron chi connectivity index (χ1n) is 8.75. The number of ether oxygens (including phenoxy) is 1. The fourth-order valence-corrected chi connectivity index (χ4v) is 5.99. The predicted molar refractivity (Wildman–Crippen MR) is 153 cm³/mol. The van der Waals surface area contributed by atoms with Crippen molar-refractivity contribution in [1.82, 2.24) is 0 Å². The molecule has 0 aliphatic rings. The molecule has 0 aliphatic carbocycles. The van der Waals surface area contributed by atoms with Crippen molar-refractivity contribution in [2.24, 2.45) is 11.5 Å². The Balaban J connectivity index is 0.000000513. The highest BCUT2D eigenvalue weighted by atomic mass is 127. The summed E-state index contributed by atoms with van der Waals surface area (Å²) in [6.07, 6.45) is -0.272. The molecule has 2 atom stereocenters. The lowest BCUT2D eigenvalue weighted by molar-refractivity contribution is -0.144. The summed E-state index contributed by atoms with van der Waals surface area (Å²) >= 11 is 8.42. The Morgan fingerprint density at radius 1 is 0.818 bits per heavy atom. The number of carboxylic acid groups (broad SMARTS) is 3. The number of rotatable bonds is 8. The number of halogens is 4. The zero-order chi connectivity index (χ0) is 25.5. The molecule has 0 fully saturated rings. The fraction of sp³-hybridized carbons (Fsp3) is 0.211. The maximum atomic E-state index is 10.9. The van der Waals surface area contributed by atoms with Crippen molar-refractivity contribution in [3.63, 3.8) is 0 Å². The van der Waals surface area contributed by atoms with E-state index in [1.54, 1.807) is 12.1 Å². The lowest BCUT2D eigenvalue weighted by Gasteiger charge is -2.14. The molecule has 8 N–H and O–H groups in total. The van der Waals surface area contributed by atoms with E-state index < -0.39 is 36.4 Å². The summed E-state index contributed by atoms with van der Waals surface area (Å²) in [6, 6.07) is 5.05. The van der Waals surface area contributed by atoms with Gasteiger partial charge in [0, 0.05) is 0 Å². The van der Waals surface area contributed by atoms with Crippen molar-refractivity contribution in [3.05, 3.63) is 44.1 Å². The van der Waals surface area contributed by atoms with Gasteiger partial charge in [-0.3, -0.25) is 14.4 Å². The smallest absolute Gasteiger partial charge is 0.321 e. The van der Waals surface area contributed by atoms with E-state index >= 15 is 0 Å². The number of aromatic hydroxyl groups is 1. The standard InChI is InChI=1S/C15H11I4NO4.C4H7NO4/c16-8-4-7(5-9(17)13(8)21)24-14-10(18)1-6(2-11(14)19)3-12(20)15(22)23;5-2(4(8)9)1-3(6)7/h1-2,4-5,12,21H,3,20H2,(H,22,23);2H,1,5H2,(H,6,7)(H,8,9)/t12-;2-/m00/s1. The van der Waals surface area contributed by atoms with Crippen LogP contribution < -0.4 is 16.2 Å². The number of phenolic OH excluding ortho intramolecular Hbond substituents is 1. The Kier molecular flexibility index (Phi) is 12.9. The molecule has 14 heteroatoms. The van der Waals surface area contributed by atoms with Gasteiger partial charge in [0.15, 0.2) is 5.75 Å². The van der Waals surface area contributed by atoms with Crippen LogP contribution in [0.5, 0.6) is 17.2 Å². The van der Waals surface area contributed by atoms with Crippen molar-refractivity contribution in [2.45, 2.75) is 24.9 Å². The second-order valence-electron chi connectivity index (χ2n) is 6.42. The molecule has 0 spiro atoms. The van der Waals surface area contributed by atoms with Gasteiger partial charge in [-0.15, -0.1) is 0 Å². The molecule has 2 aromatic rings. The summed E-state index contributed by atoms with van der Waals surface area (Å²) in [5.74, 6) is -1.95. The predicted octanol–water partition coefficient (Wildman–Crippen LogP) is 3.43. The second-order valence-corrected chi connectivity index (χ2v) is 11.1. The Hall–Kier alpha value is -0.710. The first-order chi connectivity index (χ1) is 15.2. The zero-order valence-electron chi connectivity index (χ0n) is 16.5. The monoisotopic (exact) mass is 910 g/mol. The number of hydrogen-bond acceptors (Lipinski definition) is 7. The van der Waals surface area contributed by atoms with E-state index in [4.69, 9.17) is 31.5 Å². The molecule has 0 radical (unpaired) electrons. The van der Waals surface area contributed by atoms with E-state index in [2.05, 4.69) is 90.4 Å². The van der Waals surface area contributed by atoms with Crippen LogP contribution in [0, 0.1) is 14.3 Å². The highest BCUT2D eigenvalue weighted by Gasteiger charge is 2.17. The largest absolute Gasteiger partial charge is 0.506 e. The summed E-state index contributed by atoms with van der Waals surface area (Å²) in [6.45, 7) is 0. The molecular formula is C19H18I4N2O8. The van der Waals surface area contributed by atoms with Crippen LogP contribution in [0.1, 0.15) is 12.0 Å². The van der Waals surface area contributed by atoms with Gasteiger partial charge in [0.25, 0.3) is 0 Å². The van der Waals surface area contributed by atoms with Crippen molar-refractivity contribution in [2.75, 3.05) is 0 Å². The van der Waals surface area contributed by atoms with Gasteiger partial charge in [-0.1, -0.05) is 0 Å². The first-order valence-corrected chi connectivity index (χ1v) is 13.1. The van der Waals surface area contributed by atoms with Crippen molar-refractivity contribution in [1.29, 1.82) is 0 Å². The molecule has 0 saturated carbocycles. The molecule has 2 aromatic carbocycles. The van der Waals surface area contributed by atoms with Crippen molar-refractivity contribution in [3.8, 4) is 17.2 Å². The number of carboxylic acids is 3. The van der Waals surface area contributed by atoms with Crippen LogP contribution in [0.25, 0.3) is 0 Å². The normalized spacial score (nSPS) is 12.2. The molecule has 0 heterocycles. The third-order valence-electron chi connectivity index (χ3n) is 3.75. The lowest BCUT2D eigenvalue weighted by atomic mass is 10.1. The average molecular weight is 910 g/mol. The highest BCUT2D eigenvalue weighted by Crippen LogP contribution is 2.36. The van der Waals surface area contributed by atoms with Gasteiger partial charge in [0.05, 0.1) is 20.7 Å². The second kappa shape index (κ2) is 14.0. The molecule has 0 aromatic heterocycles. The van der Waals surface area contributed by atoms with Crippen LogP contribution in [0.3, 0.4) is 0 Å². The van der Waals surface area contributed by atoms with Crippen molar-refractivity contribution >= 4 is 108 Å². The zero-order valence-corrected chi connectivity index (χ0v) is 25.1. The molecule has 0 unspecified atom stereocenters. The van der Waals surface area contributed by atoms with Gasteiger partial charge >= 0.3 is 17.9 Å². The Labute approximate surface area is 243 Å². The van der Waals surface area contributed by atoms with Gasteiger partial charge in [0.1, 0.15) is 23.6 Å². The third-order valence-corrected chi connectivity index (χ3v) is 7.00. The molecule has 10 nitrogen and oxygen atoms in total. The topological polar surface area (TPSA) is 193 Å². The van der Waals surface area contributed by atoms with Gasteiger partial charge < -0.3 is 36.6 Å². The summed E-state index contributed by atoms with van der Waals surface area (Å²) in [4.78, 5) is 30.5. The molecule has 180 valence electrons. The average Bonchev–Trinajstić information content (AvgIpc) is 2.68. The molecular weight excluding hydrogens is 892 g/mol. The number of hydrogen-bond donors (Lipinski definition) is 6. The van der Waals surface area contributed by atoms with Gasteiger partial charge in [-0.25, -0.2) is 0 Å². The molecule has 2 rings (SSSR count). The maximum absolute atomic E-state index is 10.9. The maximum Gasteiger partial charge on any atom is 0.321 e. The van der Waals surface area contributed by atoms with E-state index in [1.807, 2.05) is 12.1 Å². The van der Waals surface area contributed by atoms with E-state index in [1.165, 1.54) is 0 Å². The number of phenols is 1. The Morgan fingerprint density at radius 3 is 1.64 bits per heavy atom. The van der Waals surface area contributed by atoms with Crippen LogP contribution in [0.15, 0.2) is 24.3 Å². The molecule has 0 aliphatic heterocycles. The van der Waals surface area contributed by atoms with Crippen molar-refractivity contribution < 1.29 is 39.5 Å². The Morgan fingerprint density at radius 2 is 1.27 bits per heavy atom. The number of carbonyl (C=O) groups is 3. The van der Waals surface area contributed by atoms with Gasteiger partial charge in [-0.2, -0.15) is 0 Å². The van der Waals surface area contributed by atoms with E-state index in [-0.39, 0.29) is 12.2 Å². The molecule has 0 saturated heterocycles. The highest BCUT2D eigenvalue weighted by molar-refractivity contribution is 14.1.